The van der Waals surface area contributed by atoms with E-state index in [1.54, 1.807) is 0 Å². The van der Waals surface area contributed by atoms with Crippen molar-refractivity contribution in [3.05, 3.63) is 47.6 Å². The lowest BCUT2D eigenvalue weighted by molar-refractivity contribution is 0.351. The summed E-state index contributed by atoms with van der Waals surface area (Å²) in [6.45, 7) is 5.25. The maximum atomic E-state index is 5.33. The smallest absolute Gasteiger partial charge is 0.228 e. The van der Waals surface area contributed by atoms with Gasteiger partial charge < -0.3 is 9.84 Å². The summed E-state index contributed by atoms with van der Waals surface area (Å²) in [6.07, 6.45) is 3.65. The molecule has 4 heteroatoms. The van der Waals surface area contributed by atoms with Crippen molar-refractivity contribution in [2.24, 2.45) is 0 Å². The Morgan fingerprint density at radius 3 is 2.65 bits per heavy atom. The number of benzene rings is 1. The third kappa shape index (κ3) is 4.46. The molecule has 108 valence electrons. The molecule has 1 unspecified atom stereocenters. The molecular formula is C16H23N3O. The van der Waals surface area contributed by atoms with Gasteiger partial charge in [0.1, 0.15) is 0 Å². The molecule has 2 aromatic rings. The van der Waals surface area contributed by atoms with Crippen molar-refractivity contribution < 1.29 is 4.52 Å². The van der Waals surface area contributed by atoms with Crippen LogP contribution in [0.15, 0.2) is 34.9 Å². The van der Waals surface area contributed by atoms with Crippen LogP contribution < -0.4 is 5.32 Å². The molecule has 0 aliphatic carbocycles. The van der Waals surface area contributed by atoms with Gasteiger partial charge in [0.2, 0.25) is 5.89 Å². The fraction of sp³-hybridized carbons (Fsp3) is 0.500. The van der Waals surface area contributed by atoms with Crippen LogP contribution >= 0.6 is 0 Å². The second-order valence-electron chi connectivity index (χ2n) is 4.96. The number of hydrogen-bond donors (Lipinski definition) is 1. The van der Waals surface area contributed by atoms with Crippen molar-refractivity contribution in [2.45, 2.75) is 45.6 Å². The molecule has 0 aliphatic heterocycles. The van der Waals surface area contributed by atoms with Crippen LogP contribution in [0.5, 0.6) is 0 Å². The molecule has 0 fully saturated rings. The van der Waals surface area contributed by atoms with Gasteiger partial charge in [0.15, 0.2) is 5.82 Å². The number of aryl methyl sites for hydroxylation is 2. The summed E-state index contributed by atoms with van der Waals surface area (Å²) < 4.78 is 5.33. The Morgan fingerprint density at radius 1 is 1.15 bits per heavy atom. The summed E-state index contributed by atoms with van der Waals surface area (Å²) in [5.41, 5.74) is 1.30. The SMILES string of the molecule is CCNC(CC)Cc1nc(CCc2ccccc2)no1. The Labute approximate surface area is 120 Å². The molecule has 2 rings (SSSR count). The average Bonchev–Trinajstić information content (AvgIpc) is 2.93. The van der Waals surface area contributed by atoms with E-state index in [4.69, 9.17) is 4.52 Å². The first kappa shape index (κ1) is 14.7. The number of rotatable bonds is 8. The zero-order valence-corrected chi connectivity index (χ0v) is 12.3. The van der Waals surface area contributed by atoms with E-state index in [1.807, 2.05) is 6.07 Å². The molecule has 0 saturated heterocycles. The van der Waals surface area contributed by atoms with Crippen molar-refractivity contribution in [3.8, 4) is 0 Å². The van der Waals surface area contributed by atoms with Crippen molar-refractivity contribution in [1.82, 2.24) is 15.5 Å². The van der Waals surface area contributed by atoms with Crippen LogP contribution in [-0.4, -0.2) is 22.7 Å². The van der Waals surface area contributed by atoms with Crippen molar-refractivity contribution in [1.29, 1.82) is 0 Å². The van der Waals surface area contributed by atoms with E-state index in [-0.39, 0.29) is 0 Å². The van der Waals surface area contributed by atoms with E-state index in [9.17, 15) is 0 Å². The van der Waals surface area contributed by atoms with Crippen LogP contribution in [0.2, 0.25) is 0 Å². The predicted molar refractivity (Wildman–Crippen MR) is 79.6 cm³/mol. The van der Waals surface area contributed by atoms with Gasteiger partial charge in [-0.25, -0.2) is 0 Å². The van der Waals surface area contributed by atoms with Gasteiger partial charge >= 0.3 is 0 Å². The summed E-state index contributed by atoms with van der Waals surface area (Å²) >= 11 is 0. The molecule has 1 aromatic carbocycles. The van der Waals surface area contributed by atoms with E-state index in [2.05, 4.69) is 53.6 Å². The Kier molecular flexibility index (Phi) is 5.74. The van der Waals surface area contributed by atoms with Gasteiger partial charge in [-0.05, 0) is 24.9 Å². The van der Waals surface area contributed by atoms with Gasteiger partial charge in [0.25, 0.3) is 0 Å². The number of aromatic nitrogens is 2. The number of hydrogen-bond acceptors (Lipinski definition) is 4. The topological polar surface area (TPSA) is 51.0 Å². The second-order valence-corrected chi connectivity index (χ2v) is 4.96. The van der Waals surface area contributed by atoms with Gasteiger partial charge in [-0.3, -0.25) is 0 Å². The van der Waals surface area contributed by atoms with Gasteiger partial charge in [0, 0.05) is 18.9 Å². The largest absolute Gasteiger partial charge is 0.339 e. The highest BCUT2D eigenvalue weighted by Gasteiger charge is 2.12. The summed E-state index contributed by atoms with van der Waals surface area (Å²) in [4.78, 5) is 4.48. The minimum Gasteiger partial charge on any atom is -0.339 e. The fourth-order valence-corrected chi connectivity index (χ4v) is 2.24. The summed E-state index contributed by atoms with van der Waals surface area (Å²) in [7, 11) is 0. The van der Waals surface area contributed by atoms with Crippen LogP contribution in [0, 0.1) is 0 Å². The van der Waals surface area contributed by atoms with E-state index in [0.29, 0.717) is 6.04 Å². The molecule has 20 heavy (non-hydrogen) atoms. The molecule has 0 saturated carbocycles. The first-order valence-corrected chi connectivity index (χ1v) is 7.40. The zero-order chi connectivity index (χ0) is 14.2. The minimum absolute atomic E-state index is 0.419. The minimum atomic E-state index is 0.419. The molecule has 0 radical (unpaired) electrons. The Hall–Kier alpha value is -1.68. The molecule has 1 heterocycles. The molecule has 1 aromatic heterocycles. The van der Waals surface area contributed by atoms with Crippen molar-refractivity contribution >= 4 is 0 Å². The van der Waals surface area contributed by atoms with Crippen LogP contribution in [0.1, 0.15) is 37.5 Å². The van der Waals surface area contributed by atoms with Gasteiger partial charge in [0.05, 0.1) is 0 Å². The van der Waals surface area contributed by atoms with Crippen LogP contribution in [0.3, 0.4) is 0 Å². The maximum Gasteiger partial charge on any atom is 0.228 e. The third-order valence-electron chi connectivity index (χ3n) is 3.40. The van der Waals surface area contributed by atoms with Crippen LogP contribution in [-0.2, 0) is 19.3 Å². The highest BCUT2D eigenvalue weighted by molar-refractivity contribution is 5.15. The highest BCUT2D eigenvalue weighted by atomic mass is 16.5. The van der Waals surface area contributed by atoms with Gasteiger partial charge in [-0.2, -0.15) is 4.98 Å². The Bertz CT molecular complexity index is 495. The number of likely N-dealkylation sites (N-methyl/N-ethyl adjacent to an activating group) is 1. The zero-order valence-electron chi connectivity index (χ0n) is 12.3. The van der Waals surface area contributed by atoms with E-state index in [1.165, 1.54) is 5.56 Å². The molecule has 0 spiro atoms. The van der Waals surface area contributed by atoms with E-state index >= 15 is 0 Å². The van der Waals surface area contributed by atoms with E-state index < -0.39 is 0 Å². The normalized spacial score (nSPS) is 12.5. The quantitative estimate of drug-likeness (QED) is 0.803. The average molecular weight is 273 g/mol. The first-order chi connectivity index (χ1) is 9.81. The summed E-state index contributed by atoms with van der Waals surface area (Å²) in [5.74, 6) is 1.54. The first-order valence-electron chi connectivity index (χ1n) is 7.40. The molecule has 1 N–H and O–H groups in total. The van der Waals surface area contributed by atoms with Crippen molar-refractivity contribution in [2.75, 3.05) is 6.54 Å². The Balaban J connectivity index is 1.85. The standard InChI is InChI=1S/C16H23N3O/c1-3-14(17-4-2)12-16-18-15(19-20-16)11-10-13-8-6-5-7-9-13/h5-9,14,17H,3-4,10-12H2,1-2H3. The van der Waals surface area contributed by atoms with Crippen LogP contribution in [0.4, 0.5) is 0 Å². The third-order valence-corrected chi connectivity index (χ3v) is 3.40. The molecule has 1 atom stereocenters. The molecule has 0 aliphatic rings. The number of nitrogens with one attached hydrogen (secondary N) is 1. The summed E-state index contributed by atoms with van der Waals surface area (Å²) in [6, 6.07) is 10.8. The monoisotopic (exact) mass is 273 g/mol. The van der Waals surface area contributed by atoms with Gasteiger partial charge in [-0.1, -0.05) is 49.3 Å². The number of nitrogens with zero attached hydrogens (tertiary/aromatic N) is 2. The van der Waals surface area contributed by atoms with Crippen LogP contribution in [0.25, 0.3) is 0 Å². The van der Waals surface area contributed by atoms with E-state index in [0.717, 1.165) is 43.9 Å². The van der Waals surface area contributed by atoms with Gasteiger partial charge in [-0.15, -0.1) is 0 Å². The molecular weight excluding hydrogens is 250 g/mol. The Morgan fingerprint density at radius 2 is 1.95 bits per heavy atom. The second kappa shape index (κ2) is 7.80. The highest BCUT2D eigenvalue weighted by Crippen LogP contribution is 2.07. The lowest BCUT2D eigenvalue weighted by atomic mass is 10.1. The predicted octanol–water partition coefficient (Wildman–Crippen LogP) is 2.79. The molecule has 4 nitrogen and oxygen atoms in total. The lowest BCUT2D eigenvalue weighted by Crippen LogP contribution is -2.30. The fourth-order valence-electron chi connectivity index (χ4n) is 2.24. The molecule has 0 amide bonds. The maximum absolute atomic E-state index is 5.33. The summed E-state index contributed by atoms with van der Waals surface area (Å²) in [5, 5.41) is 7.48. The lowest BCUT2D eigenvalue weighted by Gasteiger charge is -2.12. The molecule has 0 bridgehead atoms. The van der Waals surface area contributed by atoms with Crippen molar-refractivity contribution in [3.63, 3.8) is 0 Å².